The molecular formula is C18H20N2O2. The number of hydrazine groups is 1. The van der Waals surface area contributed by atoms with Gasteiger partial charge in [-0.05, 0) is 29.5 Å². The smallest absolute Gasteiger partial charge is 0.262 e. The zero-order valence-corrected chi connectivity index (χ0v) is 12.7. The lowest BCUT2D eigenvalue weighted by molar-refractivity contribution is -0.116. The van der Waals surface area contributed by atoms with Crippen molar-refractivity contribution in [3.05, 3.63) is 47.5 Å². The second kappa shape index (κ2) is 6.62. The van der Waals surface area contributed by atoms with Crippen LogP contribution in [0.1, 0.15) is 25.3 Å². The Hall–Kier alpha value is -2.33. The highest BCUT2D eigenvalue weighted by atomic mass is 16.5. The van der Waals surface area contributed by atoms with E-state index in [1.807, 2.05) is 30.3 Å². The molecule has 4 nitrogen and oxygen atoms in total. The number of rotatable bonds is 5. The van der Waals surface area contributed by atoms with Crippen LogP contribution < -0.4 is 15.6 Å². The number of nitrogens with one attached hydrogen (secondary N) is 2. The first-order chi connectivity index (χ1) is 10.8. The highest BCUT2D eigenvalue weighted by molar-refractivity contribution is 6.03. The molecule has 1 aliphatic rings. The molecule has 114 valence electrons. The fraction of sp³-hybridized carbons (Fsp3) is 0.278. The minimum absolute atomic E-state index is 0.0626. The van der Waals surface area contributed by atoms with Gasteiger partial charge in [-0.15, -0.1) is 0 Å². The Bertz CT molecular complexity index is 722. The van der Waals surface area contributed by atoms with Crippen molar-refractivity contribution in [2.24, 2.45) is 0 Å². The molecule has 0 aliphatic carbocycles. The minimum atomic E-state index is -0.0626. The van der Waals surface area contributed by atoms with Crippen LogP contribution in [0.5, 0.6) is 5.75 Å². The number of ether oxygens (including phenoxy) is 1. The van der Waals surface area contributed by atoms with Gasteiger partial charge in [0.15, 0.2) is 0 Å². The van der Waals surface area contributed by atoms with E-state index in [4.69, 9.17) is 4.74 Å². The van der Waals surface area contributed by atoms with E-state index in [0.717, 1.165) is 47.1 Å². The summed E-state index contributed by atoms with van der Waals surface area (Å²) < 4.78 is 5.89. The molecule has 1 aliphatic heterocycles. The van der Waals surface area contributed by atoms with Crippen LogP contribution in [0.4, 0.5) is 0 Å². The van der Waals surface area contributed by atoms with E-state index in [1.165, 1.54) is 0 Å². The molecule has 0 saturated carbocycles. The number of carbonyl (C=O) groups is 1. The molecule has 2 N–H and O–H groups in total. The number of benzene rings is 2. The van der Waals surface area contributed by atoms with Gasteiger partial charge in [-0.2, -0.15) is 0 Å². The summed E-state index contributed by atoms with van der Waals surface area (Å²) in [6.45, 7) is 3.42. The second-order valence-electron chi connectivity index (χ2n) is 5.38. The summed E-state index contributed by atoms with van der Waals surface area (Å²) >= 11 is 0. The third-order valence-electron chi connectivity index (χ3n) is 3.77. The van der Waals surface area contributed by atoms with Gasteiger partial charge in [0.1, 0.15) is 5.75 Å². The van der Waals surface area contributed by atoms with Crippen LogP contribution in [0.3, 0.4) is 0 Å². The van der Waals surface area contributed by atoms with Gasteiger partial charge in [0, 0.05) is 17.5 Å². The van der Waals surface area contributed by atoms with Crippen LogP contribution in [0.15, 0.2) is 42.0 Å². The largest absolute Gasteiger partial charge is 0.493 e. The molecule has 2 aromatic rings. The van der Waals surface area contributed by atoms with Gasteiger partial charge in [0.25, 0.3) is 5.91 Å². The van der Waals surface area contributed by atoms with Gasteiger partial charge < -0.3 is 4.74 Å². The molecule has 0 spiro atoms. The summed E-state index contributed by atoms with van der Waals surface area (Å²) in [6.07, 6.45) is 4.10. The Labute approximate surface area is 130 Å². The van der Waals surface area contributed by atoms with Crippen molar-refractivity contribution in [2.45, 2.75) is 19.8 Å². The summed E-state index contributed by atoms with van der Waals surface area (Å²) in [5.74, 6) is 0.840. The molecule has 4 heteroatoms. The van der Waals surface area contributed by atoms with E-state index in [9.17, 15) is 4.79 Å². The zero-order valence-electron chi connectivity index (χ0n) is 12.7. The molecule has 0 atom stereocenters. The van der Waals surface area contributed by atoms with Crippen LogP contribution in [-0.2, 0) is 4.79 Å². The molecule has 3 rings (SSSR count). The average Bonchev–Trinajstić information content (AvgIpc) is 2.93. The first-order valence-electron chi connectivity index (χ1n) is 7.68. The molecule has 0 radical (unpaired) electrons. The summed E-state index contributed by atoms with van der Waals surface area (Å²) in [4.78, 5) is 11.7. The Morgan fingerprint density at radius 3 is 2.77 bits per heavy atom. The Morgan fingerprint density at radius 1 is 1.18 bits per heavy atom. The summed E-state index contributed by atoms with van der Waals surface area (Å²) in [7, 11) is 0. The highest BCUT2D eigenvalue weighted by Crippen LogP contribution is 2.29. The minimum Gasteiger partial charge on any atom is -0.493 e. The lowest BCUT2D eigenvalue weighted by Gasteiger charge is -2.10. The van der Waals surface area contributed by atoms with Crippen LogP contribution in [0.25, 0.3) is 16.8 Å². The second-order valence-corrected chi connectivity index (χ2v) is 5.38. The number of hydrogen-bond acceptors (Lipinski definition) is 3. The summed E-state index contributed by atoms with van der Waals surface area (Å²) in [5, 5.41) is 2.18. The van der Waals surface area contributed by atoms with Crippen molar-refractivity contribution < 1.29 is 9.53 Å². The third kappa shape index (κ3) is 2.97. The van der Waals surface area contributed by atoms with Gasteiger partial charge >= 0.3 is 0 Å². The van der Waals surface area contributed by atoms with E-state index < -0.39 is 0 Å². The molecule has 1 amide bonds. The van der Waals surface area contributed by atoms with E-state index in [1.54, 1.807) is 0 Å². The predicted octanol–water partition coefficient (Wildman–Crippen LogP) is 3.04. The molecular weight excluding hydrogens is 276 g/mol. The van der Waals surface area contributed by atoms with Crippen molar-refractivity contribution in [3.63, 3.8) is 0 Å². The molecule has 1 fully saturated rings. The quantitative estimate of drug-likeness (QED) is 0.658. The topological polar surface area (TPSA) is 50.4 Å². The fourth-order valence-corrected chi connectivity index (χ4v) is 2.57. The molecule has 0 bridgehead atoms. The molecule has 22 heavy (non-hydrogen) atoms. The van der Waals surface area contributed by atoms with Crippen LogP contribution in [0.2, 0.25) is 0 Å². The van der Waals surface area contributed by atoms with Crippen LogP contribution in [0, 0.1) is 0 Å². The third-order valence-corrected chi connectivity index (χ3v) is 3.77. The molecule has 1 heterocycles. The van der Waals surface area contributed by atoms with E-state index >= 15 is 0 Å². The Kier molecular flexibility index (Phi) is 4.39. The highest BCUT2D eigenvalue weighted by Gasteiger charge is 2.16. The maximum absolute atomic E-state index is 11.7. The van der Waals surface area contributed by atoms with E-state index in [0.29, 0.717) is 6.54 Å². The predicted molar refractivity (Wildman–Crippen MR) is 88.5 cm³/mol. The van der Waals surface area contributed by atoms with Gasteiger partial charge in [0.05, 0.1) is 6.61 Å². The zero-order chi connectivity index (χ0) is 15.4. The van der Waals surface area contributed by atoms with Gasteiger partial charge in [-0.3, -0.25) is 10.2 Å². The number of hydrogen-bond donors (Lipinski definition) is 2. The molecule has 0 unspecified atom stereocenters. The molecule has 1 saturated heterocycles. The SMILES string of the molecule is CCCCOc1cccc2c(/C=C3\CNNC3=O)cccc12. The van der Waals surface area contributed by atoms with Crippen LogP contribution in [-0.4, -0.2) is 19.1 Å². The Morgan fingerprint density at radius 2 is 2.00 bits per heavy atom. The van der Waals surface area contributed by atoms with Crippen molar-refractivity contribution >= 4 is 22.8 Å². The maximum Gasteiger partial charge on any atom is 0.262 e. The average molecular weight is 296 g/mol. The number of fused-ring (bicyclic) bond motifs is 1. The van der Waals surface area contributed by atoms with Crippen molar-refractivity contribution in [1.82, 2.24) is 10.9 Å². The summed E-state index contributed by atoms with van der Waals surface area (Å²) in [5.41, 5.74) is 7.22. The molecule has 0 aromatic heterocycles. The number of amides is 1. The lowest BCUT2D eigenvalue weighted by Crippen LogP contribution is -2.25. The fourth-order valence-electron chi connectivity index (χ4n) is 2.57. The Balaban J connectivity index is 1.98. The number of unbranched alkanes of at least 4 members (excludes halogenated alkanes) is 1. The van der Waals surface area contributed by atoms with E-state index in [-0.39, 0.29) is 5.91 Å². The van der Waals surface area contributed by atoms with Crippen molar-refractivity contribution in [2.75, 3.05) is 13.2 Å². The number of carbonyl (C=O) groups excluding carboxylic acids is 1. The summed E-state index contributed by atoms with van der Waals surface area (Å²) in [6, 6.07) is 12.1. The van der Waals surface area contributed by atoms with Crippen molar-refractivity contribution in [1.29, 1.82) is 0 Å². The van der Waals surface area contributed by atoms with E-state index in [2.05, 4.69) is 29.9 Å². The van der Waals surface area contributed by atoms with Crippen LogP contribution >= 0.6 is 0 Å². The molecule has 2 aromatic carbocycles. The monoisotopic (exact) mass is 296 g/mol. The van der Waals surface area contributed by atoms with Gasteiger partial charge in [-0.25, -0.2) is 5.43 Å². The van der Waals surface area contributed by atoms with Gasteiger partial charge in [-0.1, -0.05) is 43.7 Å². The van der Waals surface area contributed by atoms with Gasteiger partial charge in [0.2, 0.25) is 0 Å². The first-order valence-corrected chi connectivity index (χ1v) is 7.68. The lowest BCUT2D eigenvalue weighted by atomic mass is 10.0. The normalized spacial score (nSPS) is 16.2. The van der Waals surface area contributed by atoms with Crippen molar-refractivity contribution in [3.8, 4) is 5.75 Å². The first kappa shape index (κ1) is 14.6. The standard InChI is InChI=1S/C18H20N2O2/c1-2-3-10-22-17-9-5-7-15-13(6-4-8-16(15)17)11-14-12-19-20-18(14)21/h4-9,11,19H,2-3,10,12H2,1H3,(H,20,21)/b14-11+. The maximum atomic E-state index is 11.7.